The monoisotopic (exact) mass is 398 g/mol. The van der Waals surface area contributed by atoms with Crippen molar-refractivity contribution >= 4 is 5.96 Å². The van der Waals surface area contributed by atoms with Crippen molar-refractivity contribution in [3.8, 4) is 5.69 Å². The first-order chi connectivity index (χ1) is 14.1. The fourth-order valence-corrected chi connectivity index (χ4v) is 3.58. The second kappa shape index (κ2) is 10.4. The normalized spacial score (nSPS) is 14.4. The molecule has 7 heteroatoms. The van der Waals surface area contributed by atoms with Crippen LogP contribution in [0.2, 0.25) is 0 Å². The van der Waals surface area contributed by atoms with Crippen LogP contribution >= 0.6 is 0 Å². The van der Waals surface area contributed by atoms with Gasteiger partial charge >= 0.3 is 0 Å². The highest BCUT2D eigenvalue weighted by atomic mass is 16.5. The van der Waals surface area contributed by atoms with Crippen LogP contribution < -0.4 is 10.6 Å². The number of hydrogen-bond donors (Lipinski definition) is 2. The summed E-state index contributed by atoms with van der Waals surface area (Å²) in [6, 6.07) is 11.2. The quantitative estimate of drug-likeness (QED) is 0.475. The van der Waals surface area contributed by atoms with Crippen molar-refractivity contribution in [3.05, 3.63) is 47.3 Å². The average Bonchev–Trinajstić information content (AvgIpc) is 3.51. The average molecular weight is 399 g/mol. The third kappa shape index (κ3) is 6.05. The highest BCUT2D eigenvalue weighted by molar-refractivity contribution is 5.79. The maximum Gasteiger partial charge on any atom is 0.191 e. The van der Waals surface area contributed by atoms with Gasteiger partial charge in [-0.15, -0.1) is 0 Å². The Morgan fingerprint density at radius 1 is 1.24 bits per heavy atom. The highest BCUT2D eigenvalue weighted by Gasteiger charge is 2.28. The predicted molar refractivity (Wildman–Crippen MR) is 118 cm³/mol. The number of guanidine groups is 1. The Balaban J connectivity index is 1.54. The Morgan fingerprint density at radius 2 is 2.03 bits per heavy atom. The van der Waals surface area contributed by atoms with E-state index in [9.17, 15) is 0 Å². The summed E-state index contributed by atoms with van der Waals surface area (Å²) in [4.78, 5) is 6.88. The molecular formula is C22H34N6O. The molecule has 29 heavy (non-hydrogen) atoms. The zero-order chi connectivity index (χ0) is 20.6. The molecule has 0 radical (unpaired) electrons. The van der Waals surface area contributed by atoms with Crippen molar-refractivity contribution in [2.24, 2.45) is 4.99 Å². The predicted octanol–water partition coefficient (Wildman–Crippen LogP) is 2.26. The Hall–Kier alpha value is -2.38. The summed E-state index contributed by atoms with van der Waals surface area (Å²) in [6.45, 7) is 8.42. The van der Waals surface area contributed by atoms with Crippen LogP contribution in [0.1, 0.15) is 29.8 Å². The molecule has 1 heterocycles. The fourth-order valence-electron chi connectivity index (χ4n) is 3.58. The lowest BCUT2D eigenvalue weighted by Crippen LogP contribution is -2.42. The molecule has 0 spiro atoms. The Morgan fingerprint density at radius 3 is 2.69 bits per heavy atom. The minimum absolute atomic E-state index is 0.685. The summed E-state index contributed by atoms with van der Waals surface area (Å²) in [5.74, 6) is 0.815. The molecule has 0 unspecified atom stereocenters. The maximum absolute atomic E-state index is 5.24. The number of nitrogens with one attached hydrogen (secondary N) is 2. The number of nitrogens with zero attached hydrogens (tertiary/aromatic N) is 4. The van der Waals surface area contributed by atoms with Gasteiger partial charge in [-0.3, -0.25) is 9.89 Å². The van der Waals surface area contributed by atoms with Gasteiger partial charge in [-0.05, 0) is 44.4 Å². The van der Waals surface area contributed by atoms with Gasteiger partial charge in [-0.2, -0.15) is 5.10 Å². The third-order valence-corrected chi connectivity index (χ3v) is 5.24. The van der Waals surface area contributed by atoms with Gasteiger partial charge in [-0.25, -0.2) is 4.68 Å². The van der Waals surface area contributed by atoms with Gasteiger partial charge in [0, 0.05) is 52.1 Å². The molecule has 3 rings (SSSR count). The lowest BCUT2D eigenvalue weighted by atomic mass is 10.1. The third-order valence-electron chi connectivity index (χ3n) is 5.24. The van der Waals surface area contributed by atoms with Gasteiger partial charge in [0.25, 0.3) is 0 Å². The molecule has 2 N–H and O–H groups in total. The molecule has 1 aliphatic rings. The smallest absolute Gasteiger partial charge is 0.191 e. The standard InChI is InChI=1S/C22H34N6O/c1-17-15-18(2)28(26-17)21-8-6-5-7-19(21)16-25-22(23-3)24-11-12-27(13-14-29-4)20-9-10-20/h5-8,15,20H,9-14,16H2,1-4H3,(H2,23,24,25). The van der Waals surface area contributed by atoms with Crippen molar-refractivity contribution in [3.63, 3.8) is 0 Å². The molecule has 0 bridgehead atoms. The first kappa shape index (κ1) is 21.3. The van der Waals surface area contributed by atoms with Crippen molar-refractivity contribution in [2.45, 2.75) is 39.3 Å². The number of aryl methyl sites for hydroxylation is 2. The summed E-state index contributed by atoms with van der Waals surface area (Å²) < 4.78 is 7.24. The summed E-state index contributed by atoms with van der Waals surface area (Å²) in [7, 11) is 3.57. The van der Waals surface area contributed by atoms with E-state index in [-0.39, 0.29) is 0 Å². The second-order valence-corrected chi connectivity index (χ2v) is 7.58. The largest absolute Gasteiger partial charge is 0.383 e. The van der Waals surface area contributed by atoms with Gasteiger partial charge in [0.1, 0.15) is 0 Å². The molecule has 0 aliphatic heterocycles. The van der Waals surface area contributed by atoms with E-state index in [0.29, 0.717) is 6.54 Å². The molecule has 2 aromatic rings. The molecule has 0 atom stereocenters. The molecule has 1 aromatic heterocycles. The van der Waals surface area contributed by atoms with Crippen molar-refractivity contribution in [1.29, 1.82) is 0 Å². The number of ether oxygens (including phenoxy) is 1. The summed E-state index contributed by atoms with van der Waals surface area (Å²) in [5, 5.41) is 11.5. The van der Waals surface area contributed by atoms with Crippen molar-refractivity contribution in [2.75, 3.05) is 40.4 Å². The molecule has 0 amide bonds. The van der Waals surface area contributed by atoms with E-state index >= 15 is 0 Å². The number of methoxy groups -OCH3 is 1. The van der Waals surface area contributed by atoms with E-state index in [1.54, 1.807) is 7.11 Å². The molecule has 1 fully saturated rings. The van der Waals surface area contributed by atoms with Crippen molar-refractivity contribution in [1.82, 2.24) is 25.3 Å². The Labute approximate surface area is 174 Å². The topological polar surface area (TPSA) is 66.7 Å². The van der Waals surface area contributed by atoms with Crippen LogP contribution in [0, 0.1) is 13.8 Å². The molecular weight excluding hydrogens is 364 g/mol. The molecule has 1 saturated carbocycles. The van der Waals surface area contributed by atoms with Gasteiger partial charge < -0.3 is 15.4 Å². The van der Waals surface area contributed by atoms with E-state index in [2.05, 4.69) is 62.9 Å². The summed E-state index contributed by atoms with van der Waals surface area (Å²) in [6.07, 6.45) is 2.61. The highest BCUT2D eigenvalue weighted by Crippen LogP contribution is 2.26. The molecule has 0 saturated heterocycles. The van der Waals surface area contributed by atoms with Crippen LogP contribution in [0.4, 0.5) is 0 Å². The fraction of sp³-hybridized carbons (Fsp3) is 0.545. The number of hydrogen-bond acceptors (Lipinski definition) is 4. The van der Waals surface area contributed by atoms with Gasteiger partial charge in [0.15, 0.2) is 5.96 Å². The zero-order valence-electron chi connectivity index (χ0n) is 18.1. The van der Waals surface area contributed by atoms with Crippen LogP contribution in [-0.4, -0.2) is 67.1 Å². The van der Waals surface area contributed by atoms with Crippen LogP contribution in [-0.2, 0) is 11.3 Å². The molecule has 1 aliphatic carbocycles. The van der Waals surface area contributed by atoms with Gasteiger partial charge in [0.2, 0.25) is 0 Å². The summed E-state index contributed by atoms with van der Waals surface area (Å²) in [5.41, 5.74) is 4.44. The van der Waals surface area contributed by atoms with Gasteiger partial charge in [0.05, 0.1) is 18.0 Å². The second-order valence-electron chi connectivity index (χ2n) is 7.58. The molecule has 158 valence electrons. The Bertz CT molecular complexity index is 811. The number of aromatic nitrogens is 2. The summed E-state index contributed by atoms with van der Waals surface area (Å²) >= 11 is 0. The number of aliphatic imine (C=N–C) groups is 1. The molecule has 7 nitrogen and oxygen atoms in total. The van der Waals surface area contributed by atoms with E-state index in [0.717, 1.165) is 55.3 Å². The van der Waals surface area contributed by atoms with Crippen LogP contribution in [0.25, 0.3) is 5.69 Å². The van der Waals surface area contributed by atoms with Gasteiger partial charge in [-0.1, -0.05) is 18.2 Å². The maximum atomic E-state index is 5.24. The number of para-hydroxylation sites is 1. The van der Waals surface area contributed by atoms with Crippen molar-refractivity contribution < 1.29 is 4.74 Å². The lowest BCUT2D eigenvalue weighted by molar-refractivity contribution is 0.144. The number of rotatable bonds is 10. The SMILES string of the molecule is CN=C(NCCN(CCOC)C1CC1)NCc1ccccc1-n1nc(C)cc1C. The van der Waals surface area contributed by atoms with E-state index in [4.69, 9.17) is 4.74 Å². The van der Waals surface area contributed by atoms with E-state index in [1.807, 2.05) is 18.7 Å². The molecule has 1 aromatic carbocycles. The van der Waals surface area contributed by atoms with Crippen LogP contribution in [0.15, 0.2) is 35.3 Å². The van der Waals surface area contributed by atoms with Crippen LogP contribution in [0.5, 0.6) is 0 Å². The zero-order valence-corrected chi connectivity index (χ0v) is 18.1. The van der Waals surface area contributed by atoms with E-state index in [1.165, 1.54) is 18.4 Å². The van der Waals surface area contributed by atoms with E-state index < -0.39 is 0 Å². The lowest BCUT2D eigenvalue weighted by Gasteiger charge is -2.22. The first-order valence-corrected chi connectivity index (χ1v) is 10.4. The first-order valence-electron chi connectivity index (χ1n) is 10.4. The minimum atomic E-state index is 0.685. The minimum Gasteiger partial charge on any atom is -0.383 e. The number of benzene rings is 1. The van der Waals surface area contributed by atoms with Crippen LogP contribution in [0.3, 0.4) is 0 Å². The Kier molecular flexibility index (Phi) is 7.66.